The van der Waals surface area contributed by atoms with Gasteiger partial charge < -0.3 is 5.32 Å². The van der Waals surface area contributed by atoms with Crippen LogP contribution in [-0.2, 0) is 13.0 Å². The van der Waals surface area contributed by atoms with Gasteiger partial charge in [-0.3, -0.25) is 9.78 Å². The summed E-state index contributed by atoms with van der Waals surface area (Å²) in [6.07, 6.45) is 4.04. The average Bonchev–Trinajstić information content (AvgIpc) is 3.10. The zero-order valence-electron chi connectivity index (χ0n) is 14.3. The Labute approximate surface area is 146 Å². The van der Waals surface area contributed by atoms with Crippen molar-refractivity contribution in [3.63, 3.8) is 0 Å². The lowest BCUT2D eigenvalue weighted by molar-refractivity contribution is 0.0940. The van der Waals surface area contributed by atoms with Crippen LogP contribution in [0.3, 0.4) is 0 Å². The molecule has 7 heteroatoms. The second-order valence-electron chi connectivity index (χ2n) is 6.05. The van der Waals surface area contributed by atoms with Crippen LogP contribution in [0.2, 0.25) is 0 Å². The molecule has 0 saturated carbocycles. The molecule has 1 amide bonds. The monoisotopic (exact) mass is 336 g/mol. The minimum Gasteiger partial charge on any atom is -0.349 e. The molecule has 0 spiro atoms. The van der Waals surface area contributed by atoms with Crippen molar-refractivity contribution in [2.45, 2.75) is 32.9 Å². The Kier molecular flexibility index (Phi) is 5.13. The van der Waals surface area contributed by atoms with E-state index in [1.165, 1.54) is 0 Å². The molecule has 3 aromatic rings. The number of benzene rings is 1. The fraction of sp³-hybridized carbons (Fsp3) is 0.278. The van der Waals surface area contributed by atoms with E-state index >= 15 is 0 Å². The molecule has 1 aromatic carbocycles. The zero-order chi connectivity index (χ0) is 17.6. The number of nitrogens with one attached hydrogen (secondary N) is 1. The Morgan fingerprint density at radius 3 is 2.72 bits per heavy atom. The molecule has 0 unspecified atom stereocenters. The highest BCUT2D eigenvalue weighted by molar-refractivity contribution is 5.94. The minimum absolute atomic E-state index is 0.00185. The van der Waals surface area contributed by atoms with Gasteiger partial charge in [-0.05, 0) is 53.6 Å². The smallest absolute Gasteiger partial charge is 0.251 e. The summed E-state index contributed by atoms with van der Waals surface area (Å²) in [5.74, 6) is -0.0879. The molecule has 1 N–H and O–H groups in total. The summed E-state index contributed by atoms with van der Waals surface area (Å²) >= 11 is 0. The summed E-state index contributed by atoms with van der Waals surface area (Å²) in [5, 5.41) is 14.0. The normalized spacial score (nSPS) is 11.9. The van der Waals surface area contributed by atoms with Crippen molar-refractivity contribution in [2.75, 3.05) is 0 Å². The number of carbonyl (C=O) groups excluding carboxylic acids is 1. The van der Waals surface area contributed by atoms with Gasteiger partial charge in [-0.25, -0.2) is 4.68 Å². The molecular weight excluding hydrogens is 316 g/mol. The van der Waals surface area contributed by atoms with Crippen molar-refractivity contribution >= 4 is 5.91 Å². The van der Waals surface area contributed by atoms with E-state index in [9.17, 15) is 4.79 Å². The van der Waals surface area contributed by atoms with Gasteiger partial charge in [-0.1, -0.05) is 18.2 Å². The van der Waals surface area contributed by atoms with Gasteiger partial charge in [0.15, 0.2) is 0 Å². The first-order valence-corrected chi connectivity index (χ1v) is 8.13. The van der Waals surface area contributed by atoms with E-state index in [1.54, 1.807) is 17.2 Å². The number of nitrogens with zero attached hydrogens (tertiary/aromatic N) is 5. The molecular formula is C18H20N6O. The molecule has 2 heterocycles. The Bertz CT molecular complexity index is 829. The number of amides is 1. The Hall–Kier alpha value is -3.09. The van der Waals surface area contributed by atoms with Crippen LogP contribution in [0.15, 0.2) is 48.9 Å². The second kappa shape index (κ2) is 7.65. The predicted molar refractivity (Wildman–Crippen MR) is 93.0 cm³/mol. The molecule has 0 fully saturated rings. The average molecular weight is 336 g/mol. The third-order valence-electron chi connectivity index (χ3n) is 3.95. The molecule has 128 valence electrons. The lowest BCUT2D eigenvalue weighted by atomic mass is 10.1. The van der Waals surface area contributed by atoms with E-state index in [0.29, 0.717) is 18.5 Å². The number of rotatable bonds is 6. The second-order valence-corrected chi connectivity index (χ2v) is 6.05. The van der Waals surface area contributed by atoms with E-state index in [0.717, 1.165) is 16.8 Å². The van der Waals surface area contributed by atoms with Crippen molar-refractivity contribution in [1.82, 2.24) is 30.5 Å². The highest BCUT2D eigenvalue weighted by Gasteiger charge is 2.12. The fourth-order valence-corrected chi connectivity index (χ4v) is 2.58. The van der Waals surface area contributed by atoms with Crippen molar-refractivity contribution < 1.29 is 4.79 Å². The summed E-state index contributed by atoms with van der Waals surface area (Å²) in [7, 11) is 0. The number of tetrazole rings is 1. The van der Waals surface area contributed by atoms with Crippen molar-refractivity contribution in [1.29, 1.82) is 0 Å². The summed E-state index contributed by atoms with van der Waals surface area (Å²) in [4.78, 5) is 16.8. The number of pyridine rings is 1. The fourth-order valence-electron chi connectivity index (χ4n) is 2.58. The van der Waals surface area contributed by atoms with Gasteiger partial charge >= 0.3 is 0 Å². The zero-order valence-corrected chi connectivity index (χ0v) is 14.3. The topological polar surface area (TPSA) is 85.6 Å². The van der Waals surface area contributed by atoms with Crippen LogP contribution in [0.4, 0.5) is 0 Å². The summed E-state index contributed by atoms with van der Waals surface area (Å²) in [6, 6.07) is 11.4. The molecule has 0 aliphatic heterocycles. The molecule has 2 aromatic heterocycles. The molecule has 0 aliphatic rings. The van der Waals surface area contributed by atoms with Crippen molar-refractivity contribution in [3.8, 4) is 0 Å². The first-order valence-electron chi connectivity index (χ1n) is 8.13. The number of hydrogen-bond donors (Lipinski definition) is 1. The molecule has 0 saturated heterocycles. The molecule has 0 radical (unpaired) electrons. The van der Waals surface area contributed by atoms with Gasteiger partial charge in [-0.2, -0.15) is 0 Å². The van der Waals surface area contributed by atoms with Gasteiger partial charge in [0, 0.05) is 29.9 Å². The SMILES string of the molecule is Cc1cccnc1C[C@H](C)NC(=O)c1ccc(Cn2cnnn2)cc1. The van der Waals surface area contributed by atoms with E-state index in [4.69, 9.17) is 0 Å². The molecule has 3 rings (SSSR count). The van der Waals surface area contributed by atoms with E-state index < -0.39 is 0 Å². The largest absolute Gasteiger partial charge is 0.349 e. The van der Waals surface area contributed by atoms with Crippen LogP contribution in [0.25, 0.3) is 0 Å². The van der Waals surface area contributed by atoms with Gasteiger partial charge in [0.05, 0.1) is 6.54 Å². The minimum atomic E-state index is -0.0879. The third-order valence-corrected chi connectivity index (χ3v) is 3.95. The van der Waals surface area contributed by atoms with Crippen LogP contribution < -0.4 is 5.32 Å². The Morgan fingerprint density at radius 2 is 2.04 bits per heavy atom. The van der Waals surface area contributed by atoms with E-state index in [2.05, 4.69) is 25.8 Å². The maximum absolute atomic E-state index is 12.4. The van der Waals surface area contributed by atoms with Crippen LogP contribution in [0, 0.1) is 6.92 Å². The molecule has 7 nitrogen and oxygen atoms in total. The van der Waals surface area contributed by atoms with Gasteiger partial charge in [0.25, 0.3) is 5.91 Å². The van der Waals surface area contributed by atoms with Crippen LogP contribution in [-0.4, -0.2) is 37.1 Å². The molecule has 0 aliphatic carbocycles. The standard InChI is InChI=1S/C18H20N6O/c1-13-4-3-9-19-17(13)10-14(2)21-18(25)16-7-5-15(6-8-16)11-24-12-20-22-23-24/h3-9,12,14H,10-11H2,1-2H3,(H,21,25)/t14-/m0/s1. The van der Waals surface area contributed by atoms with Crippen LogP contribution >= 0.6 is 0 Å². The predicted octanol–water partition coefficient (Wildman–Crippen LogP) is 1.79. The maximum Gasteiger partial charge on any atom is 0.251 e. The highest BCUT2D eigenvalue weighted by Crippen LogP contribution is 2.09. The number of aromatic nitrogens is 5. The number of aryl methyl sites for hydroxylation is 1. The van der Waals surface area contributed by atoms with E-state index in [1.807, 2.05) is 50.2 Å². The lowest BCUT2D eigenvalue weighted by Gasteiger charge is -2.15. The first kappa shape index (κ1) is 16.8. The summed E-state index contributed by atoms with van der Waals surface area (Å²) < 4.78 is 1.63. The van der Waals surface area contributed by atoms with Crippen LogP contribution in [0.5, 0.6) is 0 Å². The summed E-state index contributed by atoms with van der Waals surface area (Å²) in [5.41, 5.74) is 3.80. The number of hydrogen-bond acceptors (Lipinski definition) is 5. The maximum atomic E-state index is 12.4. The van der Waals surface area contributed by atoms with E-state index in [-0.39, 0.29) is 11.9 Å². The molecule has 25 heavy (non-hydrogen) atoms. The first-order chi connectivity index (χ1) is 12.1. The third kappa shape index (κ3) is 4.47. The van der Waals surface area contributed by atoms with Crippen molar-refractivity contribution in [3.05, 3.63) is 71.3 Å². The summed E-state index contributed by atoms with van der Waals surface area (Å²) in [6.45, 7) is 4.59. The number of carbonyl (C=O) groups is 1. The van der Waals surface area contributed by atoms with Crippen LogP contribution in [0.1, 0.15) is 34.1 Å². The molecule has 0 bridgehead atoms. The van der Waals surface area contributed by atoms with Gasteiger partial charge in [0.2, 0.25) is 0 Å². The quantitative estimate of drug-likeness (QED) is 0.742. The Morgan fingerprint density at radius 1 is 1.24 bits per heavy atom. The van der Waals surface area contributed by atoms with Gasteiger partial charge in [0.1, 0.15) is 6.33 Å². The highest BCUT2D eigenvalue weighted by atomic mass is 16.1. The lowest BCUT2D eigenvalue weighted by Crippen LogP contribution is -2.34. The Balaban J connectivity index is 1.58. The van der Waals surface area contributed by atoms with Gasteiger partial charge in [-0.15, -0.1) is 5.10 Å². The molecule has 1 atom stereocenters. The van der Waals surface area contributed by atoms with Crippen molar-refractivity contribution in [2.24, 2.45) is 0 Å².